The van der Waals surface area contributed by atoms with Crippen LogP contribution in [0, 0.1) is 22.7 Å². The van der Waals surface area contributed by atoms with Crippen LogP contribution in [0.3, 0.4) is 0 Å². The highest BCUT2D eigenvalue weighted by molar-refractivity contribution is 6.33. The molecule has 1 aromatic carbocycles. The fraction of sp³-hybridized carbons (Fsp3) is 0.545. The van der Waals surface area contributed by atoms with Gasteiger partial charge in [-0.1, -0.05) is 60.6 Å². The number of ether oxygens (including phenoxy) is 1. The largest absolute Gasteiger partial charge is 0.490 e. The van der Waals surface area contributed by atoms with E-state index in [1.54, 1.807) is 38.1 Å². The molecule has 5 unspecified atom stereocenters. The lowest BCUT2D eigenvalue weighted by Gasteiger charge is -2.54. The van der Waals surface area contributed by atoms with Crippen molar-refractivity contribution in [2.24, 2.45) is 22.7 Å². The molecule has 1 aromatic rings. The molecule has 2 bridgehead atoms. The third kappa shape index (κ3) is 4.75. The Morgan fingerprint density at radius 1 is 1.05 bits per heavy atom. The van der Waals surface area contributed by atoms with Gasteiger partial charge in [-0.3, -0.25) is 14.4 Å². The summed E-state index contributed by atoms with van der Waals surface area (Å²) in [5, 5.41) is 10.9. The van der Waals surface area contributed by atoms with Gasteiger partial charge in [0.1, 0.15) is 17.4 Å². The second-order valence-corrected chi connectivity index (χ2v) is 12.9. The minimum absolute atomic E-state index is 0.00153. The first kappa shape index (κ1) is 28.2. The summed E-state index contributed by atoms with van der Waals surface area (Å²) in [5.41, 5.74) is -0.150. The molecule has 0 radical (unpaired) electrons. The lowest BCUT2D eigenvalue weighted by Crippen LogP contribution is -2.59. The number of rotatable bonds is 8. The molecule has 38 heavy (non-hydrogen) atoms. The van der Waals surface area contributed by atoms with Crippen LogP contribution in [-0.2, 0) is 14.3 Å². The van der Waals surface area contributed by atoms with Gasteiger partial charge in [-0.15, -0.1) is 0 Å². The molecule has 1 saturated heterocycles. The van der Waals surface area contributed by atoms with Gasteiger partial charge >= 0.3 is 0 Å². The average Bonchev–Trinajstić information content (AvgIpc) is 3.22. The smallest absolute Gasteiger partial charge is 0.200 e. The maximum Gasteiger partial charge on any atom is 0.200 e. The van der Waals surface area contributed by atoms with E-state index in [1.807, 2.05) is 19.9 Å². The number of allylic oxidation sites excluding steroid dienone is 6. The minimum Gasteiger partial charge on any atom is -0.490 e. The van der Waals surface area contributed by atoms with E-state index in [0.717, 1.165) is 12.8 Å². The minimum atomic E-state index is -1.24. The lowest BCUT2D eigenvalue weighted by molar-refractivity contribution is -0.155. The number of carbonyl (C=O) groups excluding carboxylic acids is 3. The maximum absolute atomic E-state index is 14.4. The van der Waals surface area contributed by atoms with E-state index < -0.39 is 40.0 Å². The van der Waals surface area contributed by atoms with Crippen molar-refractivity contribution in [3.63, 3.8) is 0 Å². The molecule has 204 valence electrons. The summed E-state index contributed by atoms with van der Waals surface area (Å²) in [6.07, 6.45) is 6.61. The van der Waals surface area contributed by atoms with Crippen molar-refractivity contribution in [3.8, 4) is 0 Å². The van der Waals surface area contributed by atoms with Gasteiger partial charge in [-0.05, 0) is 78.6 Å². The van der Waals surface area contributed by atoms with Crippen LogP contribution in [0.25, 0.3) is 0 Å². The summed E-state index contributed by atoms with van der Waals surface area (Å²) in [6.45, 7) is 13.6. The van der Waals surface area contributed by atoms with Crippen molar-refractivity contribution < 1.29 is 24.2 Å². The van der Waals surface area contributed by atoms with Crippen molar-refractivity contribution in [3.05, 3.63) is 70.5 Å². The molecule has 4 rings (SSSR count). The summed E-state index contributed by atoms with van der Waals surface area (Å²) in [6, 6.07) is 8.73. The van der Waals surface area contributed by atoms with Gasteiger partial charge in [-0.25, -0.2) is 0 Å². The molecule has 0 aromatic heterocycles. The Morgan fingerprint density at radius 3 is 2.26 bits per heavy atom. The predicted octanol–water partition coefficient (Wildman–Crippen LogP) is 6.57. The molecule has 1 heterocycles. The topological polar surface area (TPSA) is 80.7 Å². The molecular weight excluding hydrogens is 476 g/mol. The van der Waals surface area contributed by atoms with E-state index in [1.165, 1.54) is 11.1 Å². The molecule has 0 amide bonds. The average molecular weight is 519 g/mol. The number of aliphatic hydroxyl groups is 1. The van der Waals surface area contributed by atoms with Crippen LogP contribution in [0.5, 0.6) is 0 Å². The standard InChI is InChI=1S/C33H42O5/c1-20(2)12-11-17-32(7)23(16-15-21(3)4)18-33-19-24(31(5,6)37)38-30(33)25(28(35)26(32)29(33)36)27(34)22-13-9-8-10-14-22/h8-10,12-15,23-24,26,37H,11,16-19H2,1-7H3. The van der Waals surface area contributed by atoms with Gasteiger partial charge in [0.15, 0.2) is 17.3 Å². The molecule has 3 aliphatic rings. The molecule has 1 saturated carbocycles. The third-order valence-corrected chi connectivity index (χ3v) is 8.98. The summed E-state index contributed by atoms with van der Waals surface area (Å²) in [7, 11) is 0. The zero-order valence-electron chi connectivity index (χ0n) is 23.9. The predicted molar refractivity (Wildman–Crippen MR) is 148 cm³/mol. The van der Waals surface area contributed by atoms with Crippen LogP contribution in [0.4, 0.5) is 0 Å². The quantitative estimate of drug-likeness (QED) is 0.182. The molecule has 1 spiro atoms. The maximum atomic E-state index is 14.4. The monoisotopic (exact) mass is 518 g/mol. The summed E-state index contributed by atoms with van der Waals surface area (Å²) in [4.78, 5) is 42.7. The molecular formula is C33H42O5. The Balaban J connectivity index is 1.93. The molecule has 2 fully saturated rings. The Kier molecular flexibility index (Phi) is 7.48. The zero-order valence-corrected chi connectivity index (χ0v) is 23.9. The number of hydrogen-bond acceptors (Lipinski definition) is 5. The fourth-order valence-electron chi connectivity index (χ4n) is 6.73. The molecule has 5 nitrogen and oxygen atoms in total. The van der Waals surface area contributed by atoms with Gasteiger partial charge < -0.3 is 9.84 Å². The molecule has 1 aliphatic heterocycles. The van der Waals surface area contributed by atoms with E-state index in [0.29, 0.717) is 18.4 Å². The summed E-state index contributed by atoms with van der Waals surface area (Å²) >= 11 is 0. The van der Waals surface area contributed by atoms with Crippen LogP contribution in [0.1, 0.15) is 90.9 Å². The highest BCUT2D eigenvalue weighted by Gasteiger charge is 2.69. The van der Waals surface area contributed by atoms with Crippen molar-refractivity contribution >= 4 is 17.3 Å². The number of ketones is 3. The van der Waals surface area contributed by atoms with E-state index in [-0.39, 0.29) is 29.5 Å². The van der Waals surface area contributed by atoms with Crippen LogP contribution in [-0.4, -0.2) is 34.2 Å². The number of Topliss-reactive ketones (excluding diaryl/α,β-unsaturated/α-hetero) is 3. The highest BCUT2D eigenvalue weighted by atomic mass is 16.5. The summed E-state index contributed by atoms with van der Waals surface area (Å²) in [5.74, 6) is -1.65. The molecule has 5 heteroatoms. The fourth-order valence-corrected chi connectivity index (χ4v) is 6.73. The molecule has 1 N–H and O–H groups in total. The Labute approximate surface area is 227 Å². The van der Waals surface area contributed by atoms with E-state index in [9.17, 15) is 19.5 Å². The lowest BCUT2D eigenvalue weighted by atomic mass is 9.46. The Morgan fingerprint density at radius 2 is 1.68 bits per heavy atom. The van der Waals surface area contributed by atoms with Crippen molar-refractivity contribution in [2.45, 2.75) is 92.3 Å². The van der Waals surface area contributed by atoms with Gasteiger partial charge in [0.2, 0.25) is 0 Å². The Bertz CT molecular complexity index is 1220. The van der Waals surface area contributed by atoms with Crippen molar-refractivity contribution in [1.82, 2.24) is 0 Å². The zero-order chi connectivity index (χ0) is 28.0. The SMILES string of the molecule is CC(C)=CCCC1(C)C(CC=C(C)C)CC23CC(C(C)(C)O)OC2=C(C(=O)c2ccccc2)C(=O)C1C3=O. The van der Waals surface area contributed by atoms with Crippen molar-refractivity contribution in [1.29, 1.82) is 0 Å². The van der Waals surface area contributed by atoms with Gasteiger partial charge in [0.05, 0.1) is 16.9 Å². The number of fused-ring (bicyclic) bond motifs is 1. The van der Waals surface area contributed by atoms with Crippen LogP contribution in [0.2, 0.25) is 0 Å². The van der Waals surface area contributed by atoms with Crippen LogP contribution in [0.15, 0.2) is 65.0 Å². The van der Waals surface area contributed by atoms with E-state index in [4.69, 9.17) is 4.74 Å². The Hall–Kier alpha value is -2.79. The first-order chi connectivity index (χ1) is 17.7. The second-order valence-electron chi connectivity index (χ2n) is 12.9. The first-order valence-corrected chi connectivity index (χ1v) is 13.8. The highest BCUT2D eigenvalue weighted by Crippen LogP contribution is 2.64. The normalized spacial score (nSPS) is 30.5. The summed E-state index contributed by atoms with van der Waals surface area (Å²) < 4.78 is 6.30. The van der Waals surface area contributed by atoms with Crippen LogP contribution >= 0.6 is 0 Å². The molecule has 2 aliphatic carbocycles. The number of carbonyl (C=O) groups is 3. The second kappa shape index (κ2) is 10.1. The van der Waals surface area contributed by atoms with Gasteiger partial charge in [0, 0.05) is 12.0 Å². The van der Waals surface area contributed by atoms with Crippen molar-refractivity contribution in [2.75, 3.05) is 0 Å². The van der Waals surface area contributed by atoms with Gasteiger partial charge in [-0.2, -0.15) is 0 Å². The molecule has 5 atom stereocenters. The van der Waals surface area contributed by atoms with E-state index >= 15 is 0 Å². The number of benzene rings is 1. The first-order valence-electron chi connectivity index (χ1n) is 13.8. The van der Waals surface area contributed by atoms with Gasteiger partial charge in [0.25, 0.3) is 0 Å². The van der Waals surface area contributed by atoms with Crippen LogP contribution < -0.4 is 0 Å². The number of hydrogen-bond donors (Lipinski definition) is 1. The third-order valence-electron chi connectivity index (χ3n) is 8.98. The van der Waals surface area contributed by atoms with E-state index in [2.05, 4.69) is 32.9 Å².